The van der Waals surface area contributed by atoms with E-state index >= 15 is 0 Å². The molecule has 0 bridgehead atoms. The lowest BCUT2D eigenvalue weighted by Crippen LogP contribution is -2.45. The molecule has 3 aliphatic heterocycles. The van der Waals surface area contributed by atoms with Gasteiger partial charge < -0.3 is 28.4 Å². The van der Waals surface area contributed by atoms with Crippen LogP contribution in [-0.4, -0.2) is 61.7 Å². The maximum absolute atomic E-state index is 12.5. The SMILES string of the molecule is CC1(C)O[C@H]2O[C@H]([C@H]3COC(C)(C)O3)[C@H](OCC(F)(F)F)[C@@H]2O1. The van der Waals surface area contributed by atoms with Crippen molar-refractivity contribution in [3.05, 3.63) is 0 Å². The molecule has 3 saturated heterocycles. The fourth-order valence-corrected chi connectivity index (χ4v) is 3.06. The van der Waals surface area contributed by atoms with Crippen LogP contribution in [0.2, 0.25) is 0 Å². The van der Waals surface area contributed by atoms with Gasteiger partial charge in [-0.1, -0.05) is 0 Å². The second kappa shape index (κ2) is 5.53. The molecule has 0 aliphatic carbocycles. The molecule has 3 rings (SSSR count). The lowest BCUT2D eigenvalue weighted by molar-refractivity contribution is -0.247. The van der Waals surface area contributed by atoms with Crippen LogP contribution in [0.15, 0.2) is 0 Å². The summed E-state index contributed by atoms with van der Waals surface area (Å²) >= 11 is 0. The predicted octanol–water partition coefficient (Wildman–Crippen LogP) is 1.96. The van der Waals surface area contributed by atoms with Crippen LogP contribution in [0.1, 0.15) is 27.7 Å². The molecule has 0 aromatic carbocycles. The number of hydrogen-bond acceptors (Lipinski definition) is 6. The van der Waals surface area contributed by atoms with Gasteiger partial charge in [-0.2, -0.15) is 13.2 Å². The van der Waals surface area contributed by atoms with E-state index in [0.717, 1.165) is 0 Å². The Bertz CT molecular complexity index is 452. The van der Waals surface area contributed by atoms with Crippen molar-refractivity contribution in [1.82, 2.24) is 0 Å². The Hall–Kier alpha value is -0.450. The quantitative estimate of drug-likeness (QED) is 0.782. The maximum Gasteiger partial charge on any atom is 0.411 e. The number of rotatable bonds is 3. The summed E-state index contributed by atoms with van der Waals surface area (Å²) < 4.78 is 70.8. The van der Waals surface area contributed by atoms with Crippen molar-refractivity contribution in [1.29, 1.82) is 0 Å². The molecule has 0 amide bonds. The Labute approximate surface area is 132 Å². The first-order chi connectivity index (χ1) is 10.5. The third-order valence-corrected chi connectivity index (χ3v) is 3.86. The number of hydrogen-bond donors (Lipinski definition) is 0. The first kappa shape index (κ1) is 17.4. The van der Waals surface area contributed by atoms with Gasteiger partial charge in [-0.3, -0.25) is 0 Å². The van der Waals surface area contributed by atoms with Gasteiger partial charge in [0.1, 0.15) is 31.0 Å². The van der Waals surface area contributed by atoms with Crippen LogP contribution in [0.4, 0.5) is 13.2 Å². The van der Waals surface area contributed by atoms with Gasteiger partial charge in [0.05, 0.1) is 6.61 Å². The first-order valence-electron chi connectivity index (χ1n) is 7.47. The molecule has 6 nitrogen and oxygen atoms in total. The van der Waals surface area contributed by atoms with E-state index in [2.05, 4.69) is 0 Å². The summed E-state index contributed by atoms with van der Waals surface area (Å²) in [5, 5.41) is 0. The molecule has 23 heavy (non-hydrogen) atoms. The van der Waals surface area contributed by atoms with Crippen molar-refractivity contribution in [3.8, 4) is 0 Å². The van der Waals surface area contributed by atoms with E-state index in [-0.39, 0.29) is 6.61 Å². The van der Waals surface area contributed by atoms with Crippen molar-refractivity contribution in [3.63, 3.8) is 0 Å². The Morgan fingerprint density at radius 3 is 2.26 bits per heavy atom. The maximum atomic E-state index is 12.5. The number of alkyl halides is 3. The molecule has 0 aromatic heterocycles. The van der Waals surface area contributed by atoms with Crippen LogP contribution in [0.5, 0.6) is 0 Å². The average molecular weight is 342 g/mol. The zero-order valence-electron chi connectivity index (χ0n) is 13.4. The van der Waals surface area contributed by atoms with Gasteiger partial charge in [0, 0.05) is 0 Å². The number of fused-ring (bicyclic) bond motifs is 1. The third kappa shape index (κ3) is 3.80. The lowest BCUT2D eigenvalue weighted by atomic mass is 10.1. The zero-order chi connectivity index (χ0) is 17.0. The summed E-state index contributed by atoms with van der Waals surface area (Å²) in [7, 11) is 0. The van der Waals surface area contributed by atoms with Gasteiger partial charge in [-0.25, -0.2) is 0 Å². The van der Waals surface area contributed by atoms with E-state index in [9.17, 15) is 13.2 Å². The molecule has 134 valence electrons. The van der Waals surface area contributed by atoms with Crippen LogP contribution in [0, 0.1) is 0 Å². The smallest absolute Gasteiger partial charge is 0.363 e. The molecular weight excluding hydrogens is 321 g/mol. The summed E-state index contributed by atoms with van der Waals surface area (Å²) in [6.07, 6.45) is -8.24. The van der Waals surface area contributed by atoms with Crippen molar-refractivity contribution >= 4 is 0 Å². The molecule has 5 atom stereocenters. The Morgan fingerprint density at radius 1 is 1.00 bits per heavy atom. The molecule has 0 N–H and O–H groups in total. The summed E-state index contributed by atoms with van der Waals surface area (Å²) in [5.41, 5.74) is 0. The second-order valence-corrected chi connectivity index (χ2v) is 6.83. The van der Waals surface area contributed by atoms with Crippen molar-refractivity contribution in [2.24, 2.45) is 0 Å². The average Bonchev–Trinajstić information content (AvgIpc) is 2.95. The normalized spacial score (nSPS) is 42.1. The zero-order valence-corrected chi connectivity index (χ0v) is 13.4. The van der Waals surface area contributed by atoms with Crippen LogP contribution in [0.25, 0.3) is 0 Å². The van der Waals surface area contributed by atoms with Crippen molar-refractivity contribution in [2.45, 2.75) is 76.2 Å². The molecule has 3 aliphatic rings. The monoisotopic (exact) mass is 342 g/mol. The standard InChI is InChI=1S/C14H21F3O6/c1-12(2)19-5-7(21-12)8-9(18-6-14(15,16)17)10-11(20-8)23-13(3,4)22-10/h7-11H,5-6H2,1-4H3/t7-,8-,9+,10+,11-/m1/s1. The highest BCUT2D eigenvalue weighted by Gasteiger charge is 2.59. The fourth-order valence-electron chi connectivity index (χ4n) is 3.06. The molecule has 3 heterocycles. The summed E-state index contributed by atoms with van der Waals surface area (Å²) in [6, 6.07) is 0. The van der Waals surface area contributed by atoms with Crippen molar-refractivity contribution < 1.29 is 41.6 Å². The van der Waals surface area contributed by atoms with E-state index in [1.165, 1.54) is 0 Å². The molecule has 0 unspecified atom stereocenters. The summed E-state index contributed by atoms with van der Waals surface area (Å²) in [5.74, 6) is -1.76. The minimum Gasteiger partial charge on any atom is -0.363 e. The first-order valence-corrected chi connectivity index (χ1v) is 7.47. The Morgan fingerprint density at radius 2 is 1.70 bits per heavy atom. The van der Waals surface area contributed by atoms with E-state index < -0.39 is 55.1 Å². The molecular formula is C14H21F3O6. The van der Waals surface area contributed by atoms with Crippen LogP contribution < -0.4 is 0 Å². The third-order valence-electron chi connectivity index (χ3n) is 3.86. The lowest BCUT2D eigenvalue weighted by Gasteiger charge is -2.29. The molecule has 0 radical (unpaired) electrons. The van der Waals surface area contributed by atoms with Crippen LogP contribution >= 0.6 is 0 Å². The Kier molecular flexibility index (Phi) is 4.18. The summed E-state index contributed by atoms with van der Waals surface area (Å²) in [6.45, 7) is 5.61. The Balaban J connectivity index is 1.73. The minimum absolute atomic E-state index is 0.201. The van der Waals surface area contributed by atoms with E-state index in [1.807, 2.05) is 0 Å². The number of ether oxygens (including phenoxy) is 6. The van der Waals surface area contributed by atoms with E-state index in [4.69, 9.17) is 28.4 Å². The topological polar surface area (TPSA) is 55.4 Å². The van der Waals surface area contributed by atoms with Gasteiger partial charge in [0.15, 0.2) is 17.9 Å². The van der Waals surface area contributed by atoms with Gasteiger partial charge in [0.25, 0.3) is 0 Å². The molecule has 3 fully saturated rings. The minimum atomic E-state index is -4.44. The summed E-state index contributed by atoms with van der Waals surface area (Å²) in [4.78, 5) is 0. The van der Waals surface area contributed by atoms with Gasteiger partial charge in [0.2, 0.25) is 0 Å². The molecule has 0 saturated carbocycles. The van der Waals surface area contributed by atoms with Crippen LogP contribution in [-0.2, 0) is 28.4 Å². The van der Waals surface area contributed by atoms with E-state index in [1.54, 1.807) is 27.7 Å². The van der Waals surface area contributed by atoms with Crippen molar-refractivity contribution in [2.75, 3.05) is 13.2 Å². The molecule has 0 spiro atoms. The highest BCUT2D eigenvalue weighted by atomic mass is 19.4. The van der Waals surface area contributed by atoms with Gasteiger partial charge in [-0.15, -0.1) is 0 Å². The van der Waals surface area contributed by atoms with Gasteiger partial charge in [-0.05, 0) is 27.7 Å². The highest BCUT2D eigenvalue weighted by molar-refractivity contribution is 4.98. The van der Waals surface area contributed by atoms with E-state index in [0.29, 0.717) is 0 Å². The van der Waals surface area contributed by atoms with Gasteiger partial charge >= 0.3 is 6.18 Å². The predicted molar refractivity (Wildman–Crippen MR) is 69.4 cm³/mol. The van der Waals surface area contributed by atoms with Crippen LogP contribution in [0.3, 0.4) is 0 Å². The number of halogens is 3. The second-order valence-electron chi connectivity index (χ2n) is 6.83. The highest BCUT2D eigenvalue weighted by Crippen LogP contribution is 2.42. The molecule has 0 aromatic rings. The molecule has 9 heteroatoms. The largest absolute Gasteiger partial charge is 0.411 e. The fraction of sp³-hybridized carbons (Fsp3) is 1.00.